The van der Waals surface area contributed by atoms with E-state index in [4.69, 9.17) is 9.73 Å². The first-order valence-electron chi connectivity index (χ1n) is 13.7. The molecule has 0 aliphatic carbocycles. The van der Waals surface area contributed by atoms with Crippen molar-refractivity contribution in [3.63, 3.8) is 0 Å². The number of halogens is 3. The summed E-state index contributed by atoms with van der Waals surface area (Å²) in [4.78, 5) is 37.3. The van der Waals surface area contributed by atoms with E-state index in [-0.39, 0.29) is 25.1 Å². The normalized spacial score (nSPS) is 24.4. The average Bonchev–Trinajstić information content (AvgIpc) is 3.67. The number of alkyl halides is 2. The maximum Gasteiger partial charge on any atom is 0.338 e. The van der Waals surface area contributed by atoms with Gasteiger partial charge in [-0.3, -0.25) is 19.6 Å². The molecule has 2 fully saturated rings. The molecule has 1 aromatic carbocycles. The molecule has 42 heavy (non-hydrogen) atoms. The Morgan fingerprint density at radius 2 is 2.05 bits per heavy atom. The van der Waals surface area contributed by atoms with Crippen molar-refractivity contribution in [2.45, 2.75) is 57.7 Å². The highest BCUT2D eigenvalue weighted by atomic mass is 32.1. The van der Waals surface area contributed by atoms with Crippen LogP contribution in [0.15, 0.2) is 46.0 Å². The topological polar surface area (TPSA) is 107 Å². The van der Waals surface area contributed by atoms with Crippen LogP contribution in [0.4, 0.5) is 13.2 Å². The van der Waals surface area contributed by atoms with Gasteiger partial charge in [0.1, 0.15) is 11.9 Å². The molecule has 3 atom stereocenters. The van der Waals surface area contributed by atoms with Gasteiger partial charge in [0, 0.05) is 36.4 Å². The second-order valence-electron chi connectivity index (χ2n) is 11.6. The van der Waals surface area contributed by atoms with Gasteiger partial charge in [0.2, 0.25) is 0 Å². The Labute approximate surface area is 246 Å². The maximum atomic E-state index is 15.6. The minimum atomic E-state index is -3.06. The van der Waals surface area contributed by atoms with Gasteiger partial charge in [-0.05, 0) is 57.4 Å². The molecule has 0 radical (unpaired) electrons. The lowest BCUT2D eigenvalue weighted by Crippen LogP contribution is -2.46. The van der Waals surface area contributed by atoms with Crippen LogP contribution in [0, 0.1) is 18.2 Å². The summed E-state index contributed by atoms with van der Waals surface area (Å²) < 4.78 is 51.0. The number of amidine groups is 1. The summed E-state index contributed by atoms with van der Waals surface area (Å²) in [6.45, 7) is 4.87. The highest BCUT2D eigenvalue weighted by molar-refractivity contribution is 7.11. The fourth-order valence-corrected chi connectivity index (χ4v) is 6.66. The minimum Gasteiger partial charge on any atom is -0.481 e. The number of ether oxygens (including phenoxy) is 1. The van der Waals surface area contributed by atoms with Gasteiger partial charge in [0.15, 0.2) is 10.8 Å². The lowest BCUT2D eigenvalue weighted by molar-refractivity contribution is -0.147. The van der Waals surface area contributed by atoms with Crippen LogP contribution in [0.2, 0.25) is 0 Å². The van der Waals surface area contributed by atoms with Crippen LogP contribution in [0.1, 0.15) is 48.9 Å². The number of rotatable bonds is 9. The number of aliphatic carboxylic acids is 1. The molecule has 5 rings (SSSR count). The number of carboxylic acid groups (broad SMARTS) is 1. The number of hydrogen-bond acceptors (Lipinski definition) is 9. The van der Waals surface area contributed by atoms with Crippen molar-refractivity contribution in [3.8, 4) is 0 Å². The van der Waals surface area contributed by atoms with Gasteiger partial charge < -0.3 is 15.2 Å². The number of nitrogens with one attached hydrogen (secondary N) is 1. The van der Waals surface area contributed by atoms with Gasteiger partial charge in [-0.1, -0.05) is 12.1 Å². The number of thiazole rings is 1. The van der Waals surface area contributed by atoms with Gasteiger partial charge in [0.05, 0.1) is 30.7 Å². The lowest BCUT2D eigenvalue weighted by atomic mass is 9.89. The van der Waals surface area contributed by atoms with Crippen molar-refractivity contribution >= 4 is 29.1 Å². The quantitative estimate of drug-likeness (QED) is 0.413. The first kappa shape index (κ1) is 30.2. The van der Waals surface area contributed by atoms with Crippen molar-refractivity contribution in [2.75, 3.05) is 33.3 Å². The first-order chi connectivity index (χ1) is 19.8. The molecule has 2 N–H and O–H groups in total. The number of esters is 1. The van der Waals surface area contributed by atoms with Crippen LogP contribution in [0.5, 0.6) is 0 Å². The number of carbonyl (C=O) groups excluding carboxylic acids is 1. The number of aromatic nitrogens is 1. The lowest BCUT2D eigenvalue weighted by Gasteiger charge is -2.31. The van der Waals surface area contributed by atoms with E-state index in [1.54, 1.807) is 48.2 Å². The summed E-state index contributed by atoms with van der Waals surface area (Å²) in [7, 11) is 1.23. The highest BCUT2D eigenvalue weighted by Crippen LogP contribution is 2.43. The Morgan fingerprint density at radius 3 is 2.71 bits per heavy atom. The molecule has 13 heteroatoms. The van der Waals surface area contributed by atoms with E-state index in [9.17, 15) is 19.1 Å². The molecule has 2 saturated heterocycles. The largest absolute Gasteiger partial charge is 0.481 e. The Hall–Kier alpha value is -3.29. The van der Waals surface area contributed by atoms with E-state index in [1.165, 1.54) is 30.6 Å². The monoisotopic (exact) mass is 605 g/mol. The number of benzene rings is 1. The second kappa shape index (κ2) is 11.4. The second-order valence-corrected chi connectivity index (χ2v) is 12.5. The van der Waals surface area contributed by atoms with Crippen LogP contribution in [0.25, 0.3) is 0 Å². The van der Waals surface area contributed by atoms with E-state index in [1.807, 2.05) is 0 Å². The zero-order chi connectivity index (χ0) is 30.4. The van der Waals surface area contributed by atoms with Crippen LogP contribution >= 0.6 is 11.3 Å². The summed E-state index contributed by atoms with van der Waals surface area (Å²) in [5, 5.41) is 15.0. The molecule has 4 heterocycles. The standard InChI is InChI=1S/C29H34F3N5O4S/c1-16-17(6-5-7-18(16)30)22-21(26(38)41-4)19(34-24(35-22)25-33-10-13-42-25)14-37-15-29(31,32)23-20(37)8-11-36(23)12-9-28(2,3)27(39)40/h5-7,10,13,20,22-23H,8-9,11-12,14-15H2,1-4H3,(H,34,35)(H,39,40)/t20-,22-,23+/m0/s1. The van der Waals surface area contributed by atoms with Crippen molar-refractivity contribution in [2.24, 2.45) is 10.4 Å². The maximum absolute atomic E-state index is 15.6. The number of nitrogens with zero attached hydrogens (tertiary/aromatic N) is 4. The smallest absolute Gasteiger partial charge is 0.338 e. The summed E-state index contributed by atoms with van der Waals surface area (Å²) in [5.41, 5.74) is 0.207. The molecular formula is C29H34F3N5O4S. The van der Waals surface area contributed by atoms with Crippen LogP contribution in [-0.4, -0.2) is 89.0 Å². The first-order valence-corrected chi connectivity index (χ1v) is 14.6. The van der Waals surface area contributed by atoms with Crippen LogP contribution < -0.4 is 5.32 Å². The SMILES string of the molecule is COC(=O)C1=C(CN2CC(F)(F)[C@H]3[C@@H]2CCN3CCC(C)(C)C(=O)O)NC(c2nccs2)=N[C@H]1c1cccc(F)c1C. The highest BCUT2D eigenvalue weighted by Gasteiger charge is 2.59. The fraction of sp³-hybridized carbons (Fsp3) is 0.517. The van der Waals surface area contributed by atoms with Gasteiger partial charge in [-0.2, -0.15) is 0 Å². The average molecular weight is 606 g/mol. The molecule has 226 valence electrons. The number of carboxylic acids is 1. The van der Waals surface area contributed by atoms with Crippen LogP contribution in [0.3, 0.4) is 0 Å². The predicted octanol–water partition coefficient (Wildman–Crippen LogP) is 4.00. The number of likely N-dealkylation sites (tertiary alicyclic amines) is 2. The van der Waals surface area contributed by atoms with E-state index in [0.717, 1.165) is 0 Å². The van der Waals surface area contributed by atoms with Crippen LogP contribution in [-0.2, 0) is 14.3 Å². The van der Waals surface area contributed by atoms with Gasteiger partial charge in [-0.25, -0.2) is 22.9 Å². The van der Waals surface area contributed by atoms with E-state index < -0.39 is 53.8 Å². The van der Waals surface area contributed by atoms with Crippen molar-refractivity contribution in [3.05, 3.63) is 63.0 Å². The summed E-state index contributed by atoms with van der Waals surface area (Å²) in [5.74, 6) is -4.82. The predicted molar refractivity (Wildman–Crippen MR) is 151 cm³/mol. The number of hydrogen-bond donors (Lipinski definition) is 2. The third kappa shape index (κ3) is 5.57. The van der Waals surface area contributed by atoms with Crippen molar-refractivity contribution in [1.82, 2.24) is 20.1 Å². The molecule has 9 nitrogen and oxygen atoms in total. The molecule has 0 spiro atoms. The third-order valence-corrected chi connectivity index (χ3v) is 9.30. The van der Waals surface area contributed by atoms with Gasteiger partial charge in [-0.15, -0.1) is 11.3 Å². The van der Waals surface area contributed by atoms with E-state index in [0.29, 0.717) is 40.6 Å². The number of fused-ring (bicyclic) bond motifs is 1. The molecule has 3 aliphatic rings. The number of methoxy groups -OCH3 is 1. The zero-order valence-corrected chi connectivity index (χ0v) is 24.7. The molecule has 0 amide bonds. The third-order valence-electron chi connectivity index (χ3n) is 8.52. The Balaban J connectivity index is 1.49. The Bertz CT molecular complexity index is 1430. The molecule has 2 aromatic rings. The van der Waals surface area contributed by atoms with Gasteiger partial charge in [0.25, 0.3) is 5.92 Å². The molecular weight excluding hydrogens is 571 g/mol. The summed E-state index contributed by atoms with van der Waals surface area (Å²) >= 11 is 1.32. The minimum absolute atomic E-state index is 0.0229. The Kier molecular flexibility index (Phi) is 8.20. The molecule has 0 unspecified atom stereocenters. The molecule has 0 saturated carbocycles. The summed E-state index contributed by atoms with van der Waals surface area (Å²) in [6.07, 6.45) is 2.31. The number of aliphatic imine (C=N–C) groups is 1. The molecule has 3 aliphatic heterocycles. The van der Waals surface area contributed by atoms with E-state index in [2.05, 4.69) is 10.3 Å². The van der Waals surface area contributed by atoms with Gasteiger partial charge >= 0.3 is 11.9 Å². The van der Waals surface area contributed by atoms with E-state index >= 15 is 8.78 Å². The molecule has 0 bridgehead atoms. The zero-order valence-electron chi connectivity index (χ0n) is 23.9. The number of carbonyl (C=O) groups is 2. The Morgan fingerprint density at radius 1 is 1.29 bits per heavy atom. The molecule has 1 aromatic heterocycles. The summed E-state index contributed by atoms with van der Waals surface area (Å²) in [6, 6.07) is 2.01. The fourth-order valence-electron chi connectivity index (χ4n) is 6.07. The van der Waals surface area contributed by atoms with Crippen molar-refractivity contribution < 1.29 is 32.6 Å². The van der Waals surface area contributed by atoms with Crippen molar-refractivity contribution in [1.29, 1.82) is 0 Å².